The van der Waals surface area contributed by atoms with Crippen LogP contribution in [-0.2, 0) is 5.54 Å². The van der Waals surface area contributed by atoms with Gasteiger partial charge in [-0.25, -0.2) is 0 Å². The molecule has 24 heavy (non-hydrogen) atoms. The Morgan fingerprint density at radius 1 is 1.17 bits per heavy atom. The molecule has 0 amide bonds. The van der Waals surface area contributed by atoms with Crippen LogP contribution in [0.4, 0.5) is 0 Å². The molecule has 1 atom stereocenters. The van der Waals surface area contributed by atoms with E-state index in [1.165, 1.54) is 5.56 Å². The Labute approximate surface area is 150 Å². The largest absolute Gasteiger partial charge is 0.337 e. The van der Waals surface area contributed by atoms with Crippen molar-refractivity contribution in [3.05, 3.63) is 47.6 Å². The van der Waals surface area contributed by atoms with E-state index in [1.807, 2.05) is 18.2 Å². The van der Waals surface area contributed by atoms with E-state index in [0.29, 0.717) is 11.7 Å². The third-order valence-electron chi connectivity index (χ3n) is 4.91. The normalized spacial score (nSPS) is 17.7. The van der Waals surface area contributed by atoms with Crippen LogP contribution in [0.5, 0.6) is 0 Å². The summed E-state index contributed by atoms with van der Waals surface area (Å²) in [7, 11) is 0. The van der Waals surface area contributed by atoms with Crippen molar-refractivity contribution in [1.29, 1.82) is 0 Å². The minimum absolute atomic E-state index is 0. The summed E-state index contributed by atoms with van der Waals surface area (Å²) < 4.78 is 5.66. The fourth-order valence-corrected chi connectivity index (χ4v) is 3.51. The standard InChI is InChI=1S/C18H26N4O.ClH/c1-3-22(4-2)15(14-10-6-5-7-11-14)16-20-17(21-23-16)18(19)12-8-9-13-18;/h5-7,10-11,15H,3-4,8-9,12-13,19H2,1-2H3;1H. The van der Waals surface area contributed by atoms with E-state index in [9.17, 15) is 0 Å². The number of hydrogen-bond donors (Lipinski definition) is 1. The van der Waals surface area contributed by atoms with Crippen LogP contribution in [0, 0.1) is 0 Å². The van der Waals surface area contributed by atoms with Crippen molar-refractivity contribution in [2.24, 2.45) is 5.73 Å². The summed E-state index contributed by atoms with van der Waals surface area (Å²) in [5.74, 6) is 1.31. The van der Waals surface area contributed by atoms with Crippen molar-refractivity contribution in [1.82, 2.24) is 15.0 Å². The maximum Gasteiger partial charge on any atom is 0.248 e. The van der Waals surface area contributed by atoms with Crippen molar-refractivity contribution in [3.8, 4) is 0 Å². The quantitative estimate of drug-likeness (QED) is 0.861. The predicted molar refractivity (Wildman–Crippen MR) is 97.1 cm³/mol. The van der Waals surface area contributed by atoms with E-state index in [1.54, 1.807) is 0 Å². The molecule has 1 unspecified atom stereocenters. The first-order chi connectivity index (χ1) is 11.2. The van der Waals surface area contributed by atoms with Gasteiger partial charge in [0.05, 0.1) is 5.54 Å². The Kier molecular flexibility index (Phi) is 6.38. The highest BCUT2D eigenvalue weighted by Crippen LogP contribution is 2.36. The van der Waals surface area contributed by atoms with E-state index in [0.717, 1.165) is 38.8 Å². The Morgan fingerprint density at radius 3 is 2.38 bits per heavy atom. The van der Waals surface area contributed by atoms with Gasteiger partial charge < -0.3 is 10.3 Å². The summed E-state index contributed by atoms with van der Waals surface area (Å²) in [6.45, 7) is 6.14. The molecule has 0 aliphatic heterocycles. The second-order valence-electron chi connectivity index (χ2n) is 6.35. The summed E-state index contributed by atoms with van der Waals surface area (Å²) in [6.07, 6.45) is 4.15. The number of rotatable bonds is 6. The summed E-state index contributed by atoms with van der Waals surface area (Å²) in [6, 6.07) is 10.3. The maximum absolute atomic E-state index is 6.48. The zero-order valence-electron chi connectivity index (χ0n) is 14.4. The van der Waals surface area contributed by atoms with Crippen molar-refractivity contribution in [2.75, 3.05) is 13.1 Å². The van der Waals surface area contributed by atoms with E-state index < -0.39 is 5.54 Å². The average molecular weight is 351 g/mol. The van der Waals surface area contributed by atoms with Gasteiger partial charge in [-0.05, 0) is 31.5 Å². The van der Waals surface area contributed by atoms with Gasteiger partial charge in [0.25, 0.3) is 0 Å². The van der Waals surface area contributed by atoms with Crippen molar-refractivity contribution in [3.63, 3.8) is 0 Å². The summed E-state index contributed by atoms with van der Waals surface area (Å²) in [5.41, 5.74) is 7.23. The summed E-state index contributed by atoms with van der Waals surface area (Å²) in [4.78, 5) is 7.04. The minimum atomic E-state index is -0.410. The van der Waals surface area contributed by atoms with E-state index in [2.05, 4.69) is 36.0 Å². The molecule has 1 aromatic heterocycles. The molecule has 6 heteroatoms. The number of halogens is 1. The molecule has 2 aromatic rings. The monoisotopic (exact) mass is 350 g/mol. The van der Waals surface area contributed by atoms with Crippen LogP contribution >= 0.6 is 12.4 Å². The number of benzene rings is 1. The average Bonchev–Trinajstić information content (AvgIpc) is 3.23. The summed E-state index contributed by atoms with van der Waals surface area (Å²) >= 11 is 0. The smallest absolute Gasteiger partial charge is 0.248 e. The molecule has 0 radical (unpaired) electrons. The fraction of sp³-hybridized carbons (Fsp3) is 0.556. The molecule has 0 saturated heterocycles. The molecule has 1 aromatic carbocycles. The first kappa shape index (κ1) is 18.9. The third kappa shape index (κ3) is 3.63. The first-order valence-corrected chi connectivity index (χ1v) is 8.60. The van der Waals surface area contributed by atoms with Gasteiger partial charge in [-0.2, -0.15) is 4.98 Å². The van der Waals surface area contributed by atoms with Crippen LogP contribution in [0.3, 0.4) is 0 Å². The van der Waals surface area contributed by atoms with E-state index in [-0.39, 0.29) is 18.4 Å². The highest BCUT2D eigenvalue weighted by molar-refractivity contribution is 5.85. The SMILES string of the molecule is CCN(CC)C(c1ccccc1)c1nc(C2(N)CCCC2)no1.Cl. The molecule has 0 spiro atoms. The van der Waals surface area contributed by atoms with Gasteiger partial charge in [-0.15, -0.1) is 12.4 Å². The molecule has 3 rings (SSSR count). The lowest BCUT2D eigenvalue weighted by atomic mass is 9.98. The van der Waals surface area contributed by atoms with Crippen LogP contribution in [0.15, 0.2) is 34.9 Å². The molecule has 5 nitrogen and oxygen atoms in total. The van der Waals surface area contributed by atoms with Gasteiger partial charge >= 0.3 is 0 Å². The minimum Gasteiger partial charge on any atom is -0.337 e. The lowest BCUT2D eigenvalue weighted by Crippen LogP contribution is -2.34. The van der Waals surface area contributed by atoms with E-state index >= 15 is 0 Å². The molecular formula is C18H27ClN4O. The topological polar surface area (TPSA) is 68.2 Å². The highest BCUT2D eigenvalue weighted by Gasteiger charge is 2.37. The first-order valence-electron chi connectivity index (χ1n) is 8.60. The molecule has 132 valence electrons. The second-order valence-corrected chi connectivity index (χ2v) is 6.35. The predicted octanol–water partition coefficient (Wildman–Crippen LogP) is 3.65. The van der Waals surface area contributed by atoms with Crippen LogP contribution in [0.25, 0.3) is 0 Å². The molecule has 1 saturated carbocycles. The lowest BCUT2D eigenvalue weighted by molar-refractivity contribution is 0.204. The molecule has 2 N–H and O–H groups in total. The maximum atomic E-state index is 6.48. The Morgan fingerprint density at radius 2 is 1.79 bits per heavy atom. The number of aromatic nitrogens is 2. The van der Waals surface area contributed by atoms with Gasteiger partial charge in [0.2, 0.25) is 5.89 Å². The van der Waals surface area contributed by atoms with Crippen LogP contribution < -0.4 is 5.73 Å². The zero-order valence-corrected chi connectivity index (χ0v) is 15.3. The van der Waals surface area contributed by atoms with Gasteiger partial charge in [0.1, 0.15) is 6.04 Å². The van der Waals surface area contributed by atoms with Crippen molar-refractivity contribution < 1.29 is 4.52 Å². The van der Waals surface area contributed by atoms with Gasteiger partial charge in [0.15, 0.2) is 5.82 Å². The van der Waals surface area contributed by atoms with Crippen LogP contribution in [0.2, 0.25) is 0 Å². The van der Waals surface area contributed by atoms with Gasteiger partial charge in [-0.1, -0.05) is 62.2 Å². The van der Waals surface area contributed by atoms with Crippen LogP contribution in [-0.4, -0.2) is 28.1 Å². The molecule has 0 bridgehead atoms. The highest BCUT2D eigenvalue weighted by atomic mass is 35.5. The van der Waals surface area contributed by atoms with Crippen molar-refractivity contribution >= 4 is 12.4 Å². The van der Waals surface area contributed by atoms with Crippen LogP contribution in [0.1, 0.15) is 62.9 Å². The third-order valence-corrected chi connectivity index (χ3v) is 4.91. The molecule has 1 fully saturated rings. The Balaban J connectivity index is 0.00000208. The lowest BCUT2D eigenvalue weighted by Gasteiger charge is -2.27. The molecule has 1 aliphatic rings. The number of hydrogen-bond acceptors (Lipinski definition) is 5. The second kappa shape index (κ2) is 8.10. The Hall–Kier alpha value is -1.43. The molecular weight excluding hydrogens is 324 g/mol. The molecule has 1 aliphatic carbocycles. The molecule has 1 heterocycles. The van der Waals surface area contributed by atoms with E-state index in [4.69, 9.17) is 15.2 Å². The Bertz CT molecular complexity index is 621. The van der Waals surface area contributed by atoms with Gasteiger partial charge in [0, 0.05) is 0 Å². The summed E-state index contributed by atoms with van der Waals surface area (Å²) in [5, 5.41) is 4.23. The van der Waals surface area contributed by atoms with Gasteiger partial charge in [-0.3, -0.25) is 4.90 Å². The number of nitrogens with zero attached hydrogens (tertiary/aromatic N) is 3. The fourth-order valence-electron chi connectivity index (χ4n) is 3.51. The van der Waals surface area contributed by atoms with Crippen molar-refractivity contribution in [2.45, 2.75) is 51.1 Å². The number of nitrogens with two attached hydrogens (primary N) is 1. The zero-order chi connectivity index (χ0) is 16.3.